The number of aromatic nitrogens is 4. The fourth-order valence-electron chi connectivity index (χ4n) is 4.54. The third kappa shape index (κ3) is 5.85. The normalized spacial score (nSPS) is 14.3. The highest BCUT2D eigenvalue weighted by atomic mass is 35.5. The van der Waals surface area contributed by atoms with Gasteiger partial charge in [0, 0.05) is 17.1 Å². The van der Waals surface area contributed by atoms with Crippen LogP contribution in [0.1, 0.15) is 18.9 Å². The lowest BCUT2D eigenvalue weighted by Crippen LogP contribution is -2.29. The average molecular weight is 552 g/mol. The molecule has 0 bridgehead atoms. The summed E-state index contributed by atoms with van der Waals surface area (Å²) >= 11 is 6.40. The Morgan fingerprint density at radius 2 is 1.84 bits per heavy atom. The van der Waals surface area contributed by atoms with Gasteiger partial charge in [0.1, 0.15) is 17.9 Å². The first-order chi connectivity index (χ1) is 18.3. The minimum absolute atomic E-state index is 0.343. The largest absolute Gasteiger partial charge is 0.495 e. The minimum Gasteiger partial charge on any atom is -0.495 e. The molecule has 5 rings (SSSR count). The monoisotopic (exact) mass is 551 g/mol. The fourth-order valence-corrected chi connectivity index (χ4v) is 5.84. The number of methoxy groups -OCH3 is 1. The van der Waals surface area contributed by atoms with Gasteiger partial charge in [-0.05, 0) is 69.1 Å². The van der Waals surface area contributed by atoms with Crippen molar-refractivity contribution in [2.24, 2.45) is 0 Å². The van der Waals surface area contributed by atoms with Crippen LogP contribution < -0.4 is 26.0 Å². The summed E-state index contributed by atoms with van der Waals surface area (Å²) in [6.07, 6.45) is 7.67. The molecular weight excluding hydrogens is 521 g/mol. The van der Waals surface area contributed by atoms with Crippen molar-refractivity contribution in [1.29, 1.82) is 0 Å². The molecule has 0 atom stereocenters. The molecule has 0 amide bonds. The van der Waals surface area contributed by atoms with Gasteiger partial charge in [0.2, 0.25) is 5.95 Å². The quantitative estimate of drug-likeness (QED) is 0.241. The first kappa shape index (κ1) is 26.2. The van der Waals surface area contributed by atoms with Crippen LogP contribution in [0.2, 0.25) is 5.02 Å². The highest BCUT2D eigenvalue weighted by molar-refractivity contribution is 7.70. The van der Waals surface area contributed by atoms with E-state index in [0.29, 0.717) is 40.0 Å². The third-order valence-electron chi connectivity index (χ3n) is 6.55. The second-order valence-electron chi connectivity index (χ2n) is 9.61. The molecule has 4 aromatic rings. The van der Waals surface area contributed by atoms with Crippen molar-refractivity contribution in [3.05, 3.63) is 66.1 Å². The van der Waals surface area contributed by atoms with Crippen molar-refractivity contribution in [2.75, 3.05) is 44.2 Å². The van der Waals surface area contributed by atoms with Crippen LogP contribution >= 0.6 is 18.7 Å². The van der Waals surface area contributed by atoms with Crippen LogP contribution in [0.4, 0.5) is 23.1 Å². The van der Waals surface area contributed by atoms with Gasteiger partial charge in [-0.1, -0.05) is 29.8 Å². The van der Waals surface area contributed by atoms with Crippen LogP contribution in [0.15, 0.2) is 61.1 Å². The molecule has 0 aliphatic carbocycles. The standard InChI is InChI=1S/C27H31ClN7O2P/c1-37-24-14-18(19-15-31-35(17-19)20-10-12-29-13-11-20)8-9-22(24)33-27-30-16-21(28)26(34-27)32-23-6-4-5-7-25(23)38(2,3)36/h4-9,14-17,20,29H,10-13H2,1-3H3,(H2,30,32,33,34). The van der Waals surface area contributed by atoms with Gasteiger partial charge >= 0.3 is 0 Å². The van der Waals surface area contributed by atoms with E-state index in [1.807, 2.05) is 48.7 Å². The molecule has 198 valence electrons. The number of ether oxygens (including phenoxy) is 1. The topological polar surface area (TPSA) is 106 Å². The molecule has 3 heterocycles. The van der Waals surface area contributed by atoms with Gasteiger partial charge in [-0.15, -0.1) is 0 Å². The molecule has 9 nitrogen and oxygen atoms in total. The summed E-state index contributed by atoms with van der Waals surface area (Å²) in [6, 6.07) is 13.8. The summed E-state index contributed by atoms with van der Waals surface area (Å²) < 4.78 is 20.5. The number of benzene rings is 2. The smallest absolute Gasteiger partial charge is 0.229 e. The van der Waals surface area contributed by atoms with Gasteiger partial charge in [-0.2, -0.15) is 10.1 Å². The molecule has 11 heteroatoms. The van der Waals surface area contributed by atoms with E-state index in [1.54, 1.807) is 20.4 Å². The summed E-state index contributed by atoms with van der Waals surface area (Å²) in [6.45, 7) is 5.50. The summed E-state index contributed by atoms with van der Waals surface area (Å²) in [4.78, 5) is 8.90. The van der Waals surface area contributed by atoms with E-state index in [4.69, 9.17) is 16.3 Å². The van der Waals surface area contributed by atoms with E-state index in [9.17, 15) is 4.57 Å². The predicted molar refractivity (Wildman–Crippen MR) is 154 cm³/mol. The van der Waals surface area contributed by atoms with Gasteiger partial charge in [0.25, 0.3) is 0 Å². The summed E-state index contributed by atoms with van der Waals surface area (Å²) in [5.74, 6) is 1.40. The molecule has 0 unspecified atom stereocenters. The maximum Gasteiger partial charge on any atom is 0.229 e. The lowest BCUT2D eigenvalue weighted by atomic mass is 10.1. The number of nitrogens with one attached hydrogen (secondary N) is 3. The van der Waals surface area contributed by atoms with Crippen LogP contribution in [0.3, 0.4) is 0 Å². The molecule has 1 aliphatic heterocycles. The molecule has 1 aliphatic rings. The van der Waals surface area contributed by atoms with Crippen molar-refractivity contribution in [3.63, 3.8) is 0 Å². The summed E-state index contributed by atoms with van der Waals surface area (Å²) in [7, 11) is -0.884. The highest BCUT2D eigenvalue weighted by Gasteiger charge is 2.18. The van der Waals surface area contributed by atoms with Crippen LogP contribution in [0, 0.1) is 0 Å². The number of hydrogen-bond acceptors (Lipinski definition) is 8. The van der Waals surface area contributed by atoms with Crippen molar-refractivity contribution in [3.8, 4) is 16.9 Å². The number of piperidine rings is 1. The number of para-hydroxylation sites is 1. The maximum atomic E-state index is 12.8. The van der Waals surface area contributed by atoms with Crippen molar-refractivity contribution < 1.29 is 9.30 Å². The van der Waals surface area contributed by atoms with Crippen molar-refractivity contribution in [2.45, 2.75) is 18.9 Å². The Morgan fingerprint density at radius 1 is 1.05 bits per heavy atom. The SMILES string of the molecule is COc1cc(-c2cnn(C3CCNCC3)c2)ccc1Nc1ncc(Cl)c(Nc2ccccc2P(C)(C)=O)n1. The Labute approximate surface area is 227 Å². The van der Waals surface area contributed by atoms with Gasteiger partial charge in [-0.25, -0.2) is 4.98 Å². The highest BCUT2D eigenvalue weighted by Crippen LogP contribution is 2.39. The third-order valence-corrected chi connectivity index (χ3v) is 8.37. The zero-order valence-electron chi connectivity index (χ0n) is 21.6. The van der Waals surface area contributed by atoms with Crippen molar-refractivity contribution >= 4 is 47.2 Å². The number of halogens is 1. The van der Waals surface area contributed by atoms with Crippen LogP contribution in [0.25, 0.3) is 11.1 Å². The van der Waals surface area contributed by atoms with Gasteiger partial charge in [-0.3, -0.25) is 4.68 Å². The van der Waals surface area contributed by atoms with Crippen LogP contribution in [-0.2, 0) is 4.57 Å². The molecule has 0 spiro atoms. The predicted octanol–water partition coefficient (Wildman–Crippen LogP) is 5.66. The molecule has 0 saturated carbocycles. The summed E-state index contributed by atoms with van der Waals surface area (Å²) in [5, 5.41) is 15.5. The first-order valence-corrected chi connectivity index (χ1v) is 15.4. The van der Waals surface area contributed by atoms with Crippen molar-refractivity contribution in [1.82, 2.24) is 25.1 Å². The zero-order chi connectivity index (χ0) is 26.7. The van der Waals surface area contributed by atoms with Gasteiger partial charge in [0.05, 0.1) is 36.9 Å². The van der Waals surface area contributed by atoms with Gasteiger partial charge < -0.3 is 25.3 Å². The fraction of sp³-hybridized carbons (Fsp3) is 0.296. The molecule has 1 fully saturated rings. The zero-order valence-corrected chi connectivity index (χ0v) is 23.3. The lowest BCUT2D eigenvalue weighted by Gasteiger charge is -2.22. The second-order valence-corrected chi connectivity index (χ2v) is 13.2. The van der Waals surface area contributed by atoms with Crippen LogP contribution in [0.5, 0.6) is 5.75 Å². The molecule has 3 N–H and O–H groups in total. The second kappa shape index (κ2) is 11.2. The molecule has 1 saturated heterocycles. The first-order valence-electron chi connectivity index (χ1n) is 12.5. The van der Waals surface area contributed by atoms with Crippen LogP contribution in [-0.4, -0.2) is 53.3 Å². The van der Waals surface area contributed by atoms with E-state index < -0.39 is 7.14 Å². The molecule has 0 radical (unpaired) electrons. The maximum absolute atomic E-state index is 12.8. The number of anilines is 4. The molecule has 2 aromatic carbocycles. The minimum atomic E-state index is -2.51. The van der Waals surface area contributed by atoms with E-state index in [-0.39, 0.29) is 0 Å². The Hall–Kier alpha value is -3.39. The Kier molecular flexibility index (Phi) is 7.70. The number of rotatable bonds is 8. The molecule has 38 heavy (non-hydrogen) atoms. The summed E-state index contributed by atoms with van der Waals surface area (Å²) in [5.41, 5.74) is 3.44. The van der Waals surface area contributed by atoms with E-state index in [1.165, 1.54) is 6.20 Å². The lowest BCUT2D eigenvalue weighted by molar-refractivity contribution is 0.343. The Bertz CT molecular complexity index is 1480. The number of nitrogens with zero attached hydrogens (tertiary/aromatic N) is 4. The Balaban J connectivity index is 1.37. The Morgan fingerprint density at radius 3 is 2.61 bits per heavy atom. The van der Waals surface area contributed by atoms with E-state index >= 15 is 0 Å². The number of hydrogen-bond donors (Lipinski definition) is 3. The van der Waals surface area contributed by atoms with E-state index in [2.05, 4.69) is 41.9 Å². The van der Waals surface area contributed by atoms with Gasteiger partial charge in [0.15, 0.2) is 5.82 Å². The molecular formula is C27H31ClN7O2P. The molecule has 2 aromatic heterocycles. The van der Waals surface area contributed by atoms with E-state index in [0.717, 1.165) is 42.4 Å². The average Bonchev–Trinajstić information content (AvgIpc) is 3.41.